The Balaban J connectivity index is 2.05. The van der Waals surface area contributed by atoms with Crippen molar-refractivity contribution in [1.29, 1.82) is 0 Å². The number of rotatable bonds is 3. The van der Waals surface area contributed by atoms with Crippen LogP contribution in [0.1, 0.15) is 34.1 Å². The van der Waals surface area contributed by atoms with Crippen molar-refractivity contribution in [3.8, 4) is 0 Å². The van der Waals surface area contributed by atoms with Gasteiger partial charge in [-0.2, -0.15) is 0 Å². The van der Waals surface area contributed by atoms with Gasteiger partial charge in [-0.05, 0) is 45.4 Å². The minimum atomic E-state index is -1.02. The molecule has 146 valence electrons. The molecule has 0 radical (unpaired) electrons. The van der Waals surface area contributed by atoms with Gasteiger partial charge >= 0.3 is 11.9 Å². The molecule has 3 rings (SSSR count). The Morgan fingerprint density at radius 2 is 2.07 bits per heavy atom. The summed E-state index contributed by atoms with van der Waals surface area (Å²) < 4.78 is 23.2. The molecule has 0 aromatic rings. The van der Waals surface area contributed by atoms with Gasteiger partial charge in [-0.15, -0.1) is 0 Å². The van der Waals surface area contributed by atoms with Gasteiger partial charge in [-0.25, -0.2) is 9.59 Å². The molecule has 5 atom stereocenters. The Kier molecular flexibility index (Phi) is 5.14. The molecule has 0 saturated carbocycles. The summed E-state index contributed by atoms with van der Waals surface area (Å²) >= 11 is 0. The number of carbonyl (C=O) groups excluding carboxylic acids is 2. The third-order valence-electron chi connectivity index (χ3n) is 5.45. The first-order chi connectivity index (χ1) is 12.7. The highest BCUT2D eigenvalue weighted by atomic mass is 16.7. The Morgan fingerprint density at radius 1 is 1.37 bits per heavy atom. The monoisotopic (exact) mass is 374 g/mol. The normalized spacial score (nSPS) is 36.1. The fourth-order valence-corrected chi connectivity index (χ4v) is 3.90. The maximum atomic E-state index is 12.4. The van der Waals surface area contributed by atoms with E-state index in [1.165, 1.54) is 0 Å². The predicted octanol–water partition coefficient (Wildman–Crippen LogP) is 3.00. The molecule has 6 nitrogen and oxygen atoms in total. The van der Waals surface area contributed by atoms with Gasteiger partial charge in [0.05, 0.1) is 5.92 Å². The number of esters is 2. The molecule has 1 fully saturated rings. The van der Waals surface area contributed by atoms with Gasteiger partial charge in [0, 0.05) is 24.7 Å². The van der Waals surface area contributed by atoms with Crippen molar-refractivity contribution < 1.29 is 28.5 Å². The van der Waals surface area contributed by atoms with E-state index in [9.17, 15) is 9.59 Å². The Bertz CT molecular complexity index is 774. The van der Waals surface area contributed by atoms with Gasteiger partial charge in [0.1, 0.15) is 18.3 Å². The summed E-state index contributed by atoms with van der Waals surface area (Å²) in [6.07, 6.45) is 4.19. The number of hydrogen-bond donors (Lipinski definition) is 0. The van der Waals surface area contributed by atoms with Crippen LogP contribution < -0.4 is 0 Å². The Hall–Kier alpha value is -2.18. The van der Waals surface area contributed by atoms with Crippen molar-refractivity contribution in [3.63, 3.8) is 0 Å². The van der Waals surface area contributed by atoms with Gasteiger partial charge in [0.25, 0.3) is 0 Å². The molecule has 0 amide bonds. The maximum Gasteiger partial charge on any atom is 0.334 e. The van der Waals surface area contributed by atoms with Crippen molar-refractivity contribution in [3.05, 3.63) is 47.1 Å². The predicted molar refractivity (Wildman–Crippen MR) is 98.6 cm³/mol. The molecular formula is C21H26O6. The second-order valence-electron chi connectivity index (χ2n) is 7.38. The third-order valence-corrected chi connectivity index (χ3v) is 5.45. The minimum Gasteiger partial charge on any atom is -0.458 e. The first-order valence-corrected chi connectivity index (χ1v) is 9.05. The molecule has 0 unspecified atom stereocenters. The van der Waals surface area contributed by atoms with Crippen LogP contribution in [0.3, 0.4) is 0 Å². The summed E-state index contributed by atoms with van der Waals surface area (Å²) in [6, 6.07) is 0. The molecule has 0 aliphatic carbocycles. The van der Waals surface area contributed by atoms with E-state index in [1.54, 1.807) is 27.0 Å². The molecule has 2 bridgehead atoms. The molecule has 0 N–H and O–H groups in total. The molecule has 3 aliphatic rings. The summed E-state index contributed by atoms with van der Waals surface area (Å²) in [5.74, 6) is -2.41. The van der Waals surface area contributed by atoms with Crippen LogP contribution in [0.15, 0.2) is 47.1 Å². The highest BCUT2D eigenvalue weighted by Crippen LogP contribution is 2.44. The van der Waals surface area contributed by atoms with Crippen molar-refractivity contribution in [2.75, 3.05) is 7.11 Å². The maximum absolute atomic E-state index is 12.4. The fraction of sp³-hybridized carbons (Fsp3) is 0.524. The van der Waals surface area contributed by atoms with E-state index in [0.29, 0.717) is 17.6 Å². The highest BCUT2D eigenvalue weighted by Gasteiger charge is 2.54. The van der Waals surface area contributed by atoms with Gasteiger partial charge in [-0.3, -0.25) is 0 Å². The van der Waals surface area contributed by atoms with Crippen LogP contribution >= 0.6 is 0 Å². The van der Waals surface area contributed by atoms with Gasteiger partial charge < -0.3 is 18.9 Å². The SMILES string of the molecule is C=C1C(=O)O[C@H]2[C@H]1[C@@H](OC(=O)C(C)=CC)CC(C)=C[C@@]1(OC)C=C(C)[C@@H]2O1. The molecule has 1 saturated heterocycles. The quantitative estimate of drug-likeness (QED) is 0.430. The molecule has 27 heavy (non-hydrogen) atoms. The first-order valence-electron chi connectivity index (χ1n) is 9.05. The van der Waals surface area contributed by atoms with Crippen molar-refractivity contribution >= 4 is 11.9 Å². The van der Waals surface area contributed by atoms with Crippen LogP contribution in [0.2, 0.25) is 0 Å². The fourth-order valence-electron chi connectivity index (χ4n) is 3.90. The molecule has 3 aliphatic heterocycles. The Labute approximate surface area is 159 Å². The second kappa shape index (κ2) is 7.09. The van der Waals surface area contributed by atoms with Crippen LogP contribution in [0, 0.1) is 5.92 Å². The summed E-state index contributed by atoms with van der Waals surface area (Å²) in [7, 11) is 1.57. The molecule has 3 heterocycles. The standard InChI is InChI=1S/C21H26O6/c1-7-12(3)19(22)25-15-8-11(2)9-21(24-6)10-13(4)17(27-21)18-16(15)14(5)20(23)26-18/h7,9-10,15-18H,5,8H2,1-4,6H3/t15-,16+,17-,18-,21-/m0/s1. The van der Waals surface area contributed by atoms with Crippen LogP contribution in [-0.4, -0.2) is 43.1 Å². The number of methoxy groups -OCH3 is 1. The first kappa shape index (κ1) is 19.6. The van der Waals surface area contributed by atoms with Crippen molar-refractivity contribution in [2.24, 2.45) is 5.92 Å². The number of ether oxygens (including phenoxy) is 4. The zero-order valence-corrected chi connectivity index (χ0v) is 16.4. The minimum absolute atomic E-state index is 0.303. The largest absolute Gasteiger partial charge is 0.458 e. The molecule has 0 aromatic heterocycles. The molecule has 0 aromatic carbocycles. The van der Waals surface area contributed by atoms with E-state index in [-0.39, 0.29) is 0 Å². The summed E-state index contributed by atoms with van der Waals surface area (Å²) in [6.45, 7) is 11.2. The zero-order valence-electron chi connectivity index (χ0n) is 16.4. The number of carbonyl (C=O) groups is 2. The highest BCUT2D eigenvalue weighted by molar-refractivity contribution is 5.91. The van der Waals surface area contributed by atoms with Gasteiger partial charge in [0.15, 0.2) is 0 Å². The summed E-state index contributed by atoms with van der Waals surface area (Å²) in [5.41, 5.74) is 2.63. The van der Waals surface area contributed by atoms with Crippen LogP contribution in [0.25, 0.3) is 0 Å². The van der Waals surface area contributed by atoms with Crippen LogP contribution in [-0.2, 0) is 28.5 Å². The van der Waals surface area contributed by atoms with Crippen LogP contribution in [0.5, 0.6) is 0 Å². The average Bonchev–Trinajstić information content (AvgIpc) is 3.11. The number of hydrogen-bond acceptors (Lipinski definition) is 6. The van der Waals surface area contributed by atoms with Gasteiger partial charge in [-0.1, -0.05) is 18.2 Å². The van der Waals surface area contributed by atoms with E-state index in [2.05, 4.69) is 6.58 Å². The lowest BCUT2D eigenvalue weighted by Crippen LogP contribution is -2.41. The smallest absolute Gasteiger partial charge is 0.334 e. The second-order valence-corrected chi connectivity index (χ2v) is 7.38. The lowest BCUT2D eigenvalue weighted by molar-refractivity contribution is -0.189. The lowest BCUT2D eigenvalue weighted by atomic mass is 9.83. The zero-order chi connectivity index (χ0) is 19.9. The Morgan fingerprint density at radius 3 is 2.70 bits per heavy atom. The molecule has 6 heteroatoms. The van der Waals surface area contributed by atoms with Crippen LogP contribution in [0.4, 0.5) is 0 Å². The van der Waals surface area contributed by atoms with E-state index < -0.39 is 42.0 Å². The van der Waals surface area contributed by atoms with E-state index in [4.69, 9.17) is 18.9 Å². The van der Waals surface area contributed by atoms with Crippen molar-refractivity contribution in [2.45, 2.75) is 58.2 Å². The van der Waals surface area contributed by atoms with Gasteiger partial charge in [0.2, 0.25) is 5.79 Å². The van der Waals surface area contributed by atoms with Crippen molar-refractivity contribution in [1.82, 2.24) is 0 Å². The van der Waals surface area contributed by atoms with E-state index >= 15 is 0 Å². The third kappa shape index (κ3) is 3.39. The van der Waals surface area contributed by atoms with E-state index in [0.717, 1.165) is 11.1 Å². The van der Waals surface area contributed by atoms with E-state index in [1.807, 2.05) is 26.0 Å². The molecule has 0 spiro atoms. The summed E-state index contributed by atoms with van der Waals surface area (Å²) in [4.78, 5) is 24.7. The number of allylic oxidation sites excluding steroid dienone is 1. The topological polar surface area (TPSA) is 71.1 Å². The summed E-state index contributed by atoms with van der Waals surface area (Å²) in [5, 5.41) is 0. The lowest BCUT2D eigenvalue weighted by Gasteiger charge is -2.30. The molecular weight excluding hydrogens is 348 g/mol. The number of fused-ring (bicyclic) bond motifs is 4. The average molecular weight is 374 g/mol.